The Morgan fingerprint density at radius 2 is 1.58 bits per heavy atom. The van der Waals surface area contributed by atoms with Gasteiger partial charge in [-0.15, -0.1) is 0 Å². The first-order valence-electron chi connectivity index (χ1n) is 9.91. The molecule has 0 heterocycles. The Bertz CT molecular complexity index is 1210. The van der Waals surface area contributed by atoms with Crippen LogP contribution in [0.4, 0.5) is 5.69 Å². The molecule has 0 saturated carbocycles. The summed E-state index contributed by atoms with van der Waals surface area (Å²) in [4.78, 5) is 13.0. The van der Waals surface area contributed by atoms with E-state index in [1.54, 1.807) is 32.4 Å². The van der Waals surface area contributed by atoms with Crippen molar-refractivity contribution in [1.29, 1.82) is 0 Å². The van der Waals surface area contributed by atoms with Crippen molar-refractivity contribution in [2.24, 2.45) is 0 Å². The molecule has 0 aliphatic rings. The zero-order chi connectivity index (χ0) is 21.6. The van der Waals surface area contributed by atoms with Gasteiger partial charge in [0.15, 0.2) is 0 Å². The molecular weight excluding hydrogens is 390 g/mol. The van der Waals surface area contributed by atoms with E-state index < -0.39 is 0 Å². The average Bonchev–Trinajstić information content (AvgIpc) is 2.83. The minimum atomic E-state index is -0.193. The summed E-state index contributed by atoms with van der Waals surface area (Å²) in [7, 11) is 3.21. The molecule has 1 amide bonds. The molecule has 0 spiro atoms. The molecule has 0 aliphatic heterocycles. The predicted octanol–water partition coefficient (Wildman–Crippen LogP) is 5.69. The molecule has 31 heavy (non-hydrogen) atoms. The molecule has 0 atom stereocenters. The Morgan fingerprint density at radius 3 is 2.42 bits per heavy atom. The molecule has 0 bridgehead atoms. The fraction of sp³-hybridized carbons (Fsp3) is 0.115. The van der Waals surface area contributed by atoms with E-state index >= 15 is 0 Å². The Morgan fingerprint density at radius 1 is 0.806 bits per heavy atom. The van der Waals surface area contributed by atoms with E-state index in [0.717, 1.165) is 22.0 Å². The van der Waals surface area contributed by atoms with Gasteiger partial charge in [0.1, 0.15) is 23.9 Å². The first-order valence-corrected chi connectivity index (χ1v) is 9.91. The Balaban J connectivity index is 1.55. The number of anilines is 1. The molecule has 5 nitrogen and oxygen atoms in total. The number of ether oxygens (including phenoxy) is 3. The van der Waals surface area contributed by atoms with Crippen LogP contribution in [-0.4, -0.2) is 20.1 Å². The number of rotatable bonds is 7. The van der Waals surface area contributed by atoms with Crippen LogP contribution in [0.3, 0.4) is 0 Å². The second-order valence-corrected chi connectivity index (χ2v) is 6.98. The van der Waals surface area contributed by atoms with E-state index in [0.29, 0.717) is 22.8 Å². The first-order chi connectivity index (χ1) is 15.2. The van der Waals surface area contributed by atoms with Crippen LogP contribution >= 0.6 is 0 Å². The predicted molar refractivity (Wildman–Crippen MR) is 122 cm³/mol. The van der Waals surface area contributed by atoms with Gasteiger partial charge in [-0.05, 0) is 41.8 Å². The van der Waals surface area contributed by atoms with Crippen molar-refractivity contribution in [3.8, 4) is 17.2 Å². The van der Waals surface area contributed by atoms with Gasteiger partial charge in [0.05, 0.1) is 14.2 Å². The van der Waals surface area contributed by atoms with Crippen molar-refractivity contribution in [3.63, 3.8) is 0 Å². The highest BCUT2D eigenvalue weighted by atomic mass is 16.5. The van der Waals surface area contributed by atoms with Crippen molar-refractivity contribution >= 4 is 22.4 Å². The first kappa shape index (κ1) is 20.3. The van der Waals surface area contributed by atoms with Crippen molar-refractivity contribution in [2.45, 2.75) is 6.61 Å². The number of hydrogen-bond donors (Lipinski definition) is 1. The molecule has 0 saturated heterocycles. The minimum Gasteiger partial charge on any atom is -0.497 e. The smallest absolute Gasteiger partial charge is 0.255 e. The summed E-state index contributed by atoms with van der Waals surface area (Å²) >= 11 is 0. The lowest BCUT2D eigenvalue weighted by atomic mass is 10.1. The molecule has 0 radical (unpaired) electrons. The summed E-state index contributed by atoms with van der Waals surface area (Å²) in [6.07, 6.45) is 0. The summed E-state index contributed by atoms with van der Waals surface area (Å²) in [5, 5.41) is 5.08. The third-order valence-electron chi connectivity index (χ3n) is 5.02. The zero-order valence-electron chi connectivity index (χ0n) is 17.4. The highest BCUT2D eigenvalue weighted by Gasteiger charge is 2.13. The second kappa shape index (κ2) is 9.22. The third kappa shape index (κ3) is 4.61. The van der Waals surface area contributed by atoms with Gasteiger partial charge in [0.25, 0.3) is 5.91 Å². The molecule has 0 aromatic heterocycles. The van der Waals surface area contributed by atoms with Gasteiger partial charge in [-0.3, -0.25) is 4.79 Å². The topological polar surface area (TPSA) is 56.8 Å². The van der Waals surface area contributed by atoms with Gasteiger partial charge in [0, 0.05) is 28.3 Å². The van der Waals surface area contributed by atoms with Crippen LogP contribution in [0.15, 0.2) is 84.9 Å². The molecule has 156 valence electrons. The van der Waals surface area contributed by atoms with Crippen LogP contribution in [0.25, 0.3) is 10.8 Å². The van der Waals surface area contributed by atoms with Crippen LogP contribution in [0.1, 0.15) is 15.9 Å². The van der Waals surface area contributed by atoms with E-state index in [1.807, 2.05) is 66.7 Å². The minimum absolute atomic E-state index is 0.193. The number of amides is 1. The van der Waals surface area contributed by atoms with E-state index in [2.05, 4.69) is 5.32 Å². The van der Waals surface area contributed by atoms with Crippen molar-refractivity contribution < 1.29 is 19.0 Å². The van der Waals surface area contributed by atoms with Gasteiger partial charge in [0.2, 0.25) is 0 Å². The third-order valence-corrected chi connectivity index (χ3v) is 5.02. The fourth-order valence-corrected chi connectivity index (χ4v) is 3.41. The Kier molecular flexibility index (Phi) is 6.03. The molecular formula is C26H23NO4. The number of fused-ring (bicyclic) bond motifs is 1. The van der Waals surface area contributed by atoms with E-state index in [1.165, 1.54) is 0 Å². The number of methoxy groups -OCH3 is 2. The van der Waals surface area contributed by atoms with Crippen LogP contribution in [0.5, 0.6) is 17.2 Å². The summed E-state index contributed by atoms with van der Waals surface area (Å²) < 4.78 is 16.6. The summed E-state index contributed by atoms with van der Waals surface area (Å²) in [6, 6.07) is 26.5. The SMILES string of the molecule is COc1cccc(OCc2cc(C(=O)Nc3cccc4ccccc34)ccc2OC)c1. The largest absolute Gasteiger partial charge is 0.497 e. The maximum absolute atomic E-state index is 13.0. The molecule has 4 aromatic carbocycles. The number of nitrogens with one attached hydrogen (secondary N) is 1. The summed E-state index contributed by atoms with van der Waals surface area (Å²) in [6.45, 7) is 0.256. The van der Waals surface area contributed by atoms with Crippen LogP contribution < -0.4 is 19.5 Å². The molecule has 4 aromatic rings. The van der Waals surface area contributed by atoms with Gasteiger partial charge in [-0.25, -0.2) is 0 Å². The van der Waals surface area contributed by atoms with Crippen molar-refractivity contribution in [3.05, 3.63) is 96.1 Å². The Labute approximate surface area is 181 Å². The van der Waals surface area contributed by atoms with Gasteiger partial charge < -0.3 is 19.5 Å². The van der Waals surface area contributed by atoms with Crippen molar-refractivity contribution in [2.75, 3.05) is 19.5 Å². The molecule has 1 N–H and O–H groups in total. The van der Waals surface area contributed by atoms with Gasteiger partial charge in [-0.1, -0.05) is 42.5 Å². The second-order valence-electron chi connectivity index (χ2n) is 6.98. The number of carbonyl (C=O) groups excluding carboxylic acids is 1. The summed E-state index contributed by atoms with van der Waals surface area (Å²) in [5.41, 5.74) is 2.07. The van der Waals surface area contributed by atoms with Crippen molar-refractivity contribution in [1.82, 2.24) is 0 Å². The molecule has 5 heteroatoms. The van der Waals surface area contributed by atoms with Crippen LogP contribution in [0, 0.1) is 0 Å². The monoisotopic (exact) mass is 413 g/mol. The van der Waals surface area contributed by atoms with Gasteiger partial charge >= 0.3 is 0 Å². The lowest BCUT2D eigenvalue weighted by Crippen LogP contribution is -2.13. The molecule has 0 fully saturated rings. The lowest BCUT2D eigenvalue weighted by molar-refractivity contribution is 0.102. The highest BCUT2D eigenvalue weighted by Crippen LogP contribution is 2.26. The van der Waals surface area contributed by atoms with E-state index in [4.69, 9.17) is 14.2 Å². The number of hydrogen-bond acceptors (Lipinski definition) is 4. The quantitative estimate of drug-likeness (QED) is 0.423. The number of benzene rings is 4. The number of carbonyl (C=O) groups is 1. The average molecular weight is 413 g/mol. The Hall–Kier alpha value is -3.99. The zero-order valence-corrected chi connectivity index (χ0v) is 17.4. The van der Waals surface area contributed by atoms with Crippen LogP contribution in [-0.2, 0) is 6.61 Å². The molecule has 0 unspecified atom stereocenters. The highest BCUT2D eigenvalue weighted by molar-refractivity contribution is 6.09. The fourth-order valence-electron chi connectivity index (χ4n) is 3.41. The van der Waals surface area contributed by atoms with Crippen LogP contribution in [0.2, 0.25) is 0 Å². The van der Waals surface area contributed by atoms with E-state index in [-0.39, 0.29) is 12.5 Å². The summed E-state index contributed by atoms with van der Waals surface area (Å²) in [5.74, 6) is 1.85. The van der Waals surface area contributed by atoms with Gasteiger partial charge in [-0.2, -0.15) is 0 Å². The molecule has 0 aliphatic carbocycles. The normalized spacial score (nSPS) is 10.5. The van der Waals surface area contributed by atoms with E-state index in [9.17, 15) is 4.79 Å². The lowest BCUT2D eigenvalue weighted by Gasteiger charge is -2.13. The maximum Gasteiger partial charge on any atom is 0.255 e. The molecule has 4 rings (SSSR count). The maximum atomic E-state index is 13.0. The standard InChI is InChI=1S/C26H23NO4/c1-29-21-9-6-10-22(16-21)31-17-20-15-19(13-14-25(20)30-2)26(28)27-24-12-5-8-18-7-3-4-11-23(18)24/h3-16H,17H2,1-2H3,(H,27,28).